The molecule has 0 saturated carbocycles. The lowest BCUT2D eigenvalue weighted by molar-refractivity contribution is 0.0669. The van der Waals surface area contributed by atoms with E-state index in [4.69, 9.17) is 4.74 Å². The van der Waals surface area contributed by atoms with Crippen LogP contribution in [0.25, 0.3) is 0 Å². The van der Waals surface area contributed by atoms with Crippen LogP contribution in [0.5, 0.6) is 5.75 Å². The zero-order chi connectivity index (χ0) is 13.1. The van der Waals surface area contributed by atoms with E-state index in [-0.39, 0.29) is 24.0 Å². The van der Waals surface area contributed by atoms with E-state index in [1.54, 1.807) is 6.07 Å². The summed E-state index contributed by atoms with van der Waals surface area (Å²) >= 11 is 0. The second-order valence-corrected chi connectivity index (χ2v) is 4.29. The predicted molar refractivity (Wildman–Crippen MR) is 64.1 cm³/mol. The first-order valence-corrected chi connectivity index (χ1v) is 5.93. The van der Waals surface area contributed by atoms with E-state index in [1.807, 2.05) is 0 Å². The van der Waals surface area contributed by atoms with Gasteiger partial charge in [-0.3, -0.25) is 4.79 Å². The number of benzene rings is 1. The number of hydrogen-bond acceptors (Lipinski definition) is 3. The number of ether oxygens (including phenoxy) is 1. The van der Waals surface area contributed by atoms with Gasteiger partial charge in [0.05, 0.1) is 19.8 Å². The standard InChI is InChI=1S/C13H16FNO3/c1-18-11-6-2-5-10(14)12(11)13(17)15-7-3-4-9(15)8-16/h2,5-6,9,16H,3-4,7-8H2,1H3/t9-/m1/s1. The molecule has 1 amide bonds. The number of nitrogens with zero attached hydrogens (tertiary/aromatic N) is 1. The summed E-state index contributed by atoms with van der Waals surface area (Å²) in [5.41, 5.74) is -0.0552. The Balaban J connectivity index is 2.34. The minimum absolute atomic E-state index is 0.0552. The van der Waals surface area contributed by atoms with Crippen molar-refractivity contribution in [2.45, 2.75) is 18.9 Å². The predicted octanol–water partition coefficient (Wildman–Crippen LogP) is 1.43. The molecule has 18 heavy (non-hydrogen) atoms. The van der Waals surface area contributed by atoms with Gasteiger partial charge in [-0.25, -0.2) is 4.39 Å². The Hall–Kier alpha value is -1.62. The second-order valence-electron chi connectivity index (χ2n) is 4.29. The largest absolute Gasteiger partial charge is 0.496 e. The van der Waals surface area contributed by atoms with E-state index in [9.17, 15) is 14.3 Å². The van der Waals surface area contributed by atoms with Crippen molar-refractivity contribution < 1.29 is 19.0 Å². The van der Waals surface area contributed by atoms with Gasteiger partial charge in [0.1, 0.15) is 17.1 Å². The highest BCUT2D eigenvalue weighted by molar-refractivity contribution is 5.97. The summed E-state index contributed by atoms with van der Waals surface area (Å²) in [5.74, 6) is -0.784. The Kier molecular flexibility index (Phi) is 3.81. The van der Waals surface area contributed by atoms with E-state index in [0.29, 0.717) is 6.54 Å². The molecule has 0 aromatic heterocycles. The van der Waals surface area contributed by atoms with Crippen molar-refractivity contribution in [3.05, 3.63) is 29.6 Å². The first kappa shape index (κ1) is 12.8. The van der Waals surface area contributed by atoms with Crippen molar-refractivity contribution in [3.8, 4) is 5.75 Å². The molecule has 0 aliphatic carbocycles. The minimum Gasteiger partial charge on any atom is -0.496 e. The number of amides is 1. The number of carbonyl (C=O) groups is 1. The monoisotopic (exact) mass is 253 g/mol. The number of aliphatic hydroxyl groups excluding tert-OH is 1. The zero-order valence-electron chi connectivity index (χ0n) is 10.2. The molecule has 1 fully saturated rings. The Morgan fingerprint density at radius 3 is 3.06 bits per heavy atom. The first-order valence-electron chi connectivity index (χ1n) is 5.93. The maximum Gasteiger partial charge on any atom is 0.260 e. The van der Waals surface area contributed by atoms with Crippen LogP contribution in [-0.2, 0) is 0 Å². The molecular formula is C13H16FNO3. The average Bonchev–Trinajstić information content (AvgIpc) is 2.85. The van der Waals surface area contributed by atoms with Crippen LogP contribution in [0.15, 0.2) is 18.2 Å². The van der Waals surface area contributed by atoms with Crippen LogP contribution in [0.1, 0.15) is 23.2 Å². The molecule has 0 bridgehead atoms. The summed E-state index contributed by atoms with van der Waals surface area (Å²) in [6.45, 7) is 0.448. The van der Waals surface area contributed by atoms with E-state index in [0.717, 1.165) is 12.8 Å². The summed E-state index contributed by atoms with van der Waals surface area (Å²) in [4.78, 5) is 13.8. The van der Waals surface area contributed by atoms with Gasteiger partial charge >= 0.3 is 0 Å². The van der Waals surface area contributed by atoms with E-state index in [1.165, 1.54) is 24.1 Å². The average molecular weight is 253 g/mol. The molecule has 4 nitrogen and oxygen atoms in total. The summed E-state index contributed by atoms with van der Waals surface area (Å²) in [5, 5.41) is 9.21. The highest BCUT2D eigenvalue weighted by Gasteiger charge is 2.31. The molecular weight excluding hydrogens is 237 g/mol. The van der Waals surface area contributed by atoms with Gasteiger partial charge in [0.2, 0.25) is 0 Å². The normalized spacial score (nSPS) is 19.1. The molecule has 98 valence electrons. The van der Waals surface area contributed by atoms with Gasteiger partial charge < -0.3 is 14.7 Å². The van der Waals surface area contributed by atoms with E-state index in [2.05, 4.69) is 0 Å². The lowest BCUT2D eigenvalue weighted by Crippen LogP contribution is -2.38. The van der Waals surface area contributed by atoms with Gasteiger partial charge in [-0.05, 0) is 25.0 Å². The Morgan fingerprint density at radius 1 is 1.61 bits per heavy atom. The fraction of sp³-hybridized carbons (Fsp3) is 0.462. The van der Waals surface area contributed by atoms with Crippen molar-refractivity contribution in [1.82, 2.24) is 4.90 Å². The van der Waals surface area contributed by atoms with Crippen LogP contribution >= 0.6 is 0 Å². The van der Waals surface area contributed by atoms with Crippen molar-refractivity contribution in [3.63, 3.8) is 0 Å². The fourth-order valence-corrected chi connectivity index (χ4v) is 2.32. The molecule has 0 spiro atoms. The first-order chi connectivity index (χ1) is 8.69. The van der Waals surface area contributed by atoms with Gasteiger partial charge in [-0.15, -0.1) is 0 Å². The maximum absolute atomic E-state index is 13.8. The van der Waals surface area contributed by atoms with Gasteiger partial charge in [-0.1, -0.05) is 6.07 Å². The highest BCUT2D eigenvalue weighted by atomic mass is 19.1. The second kappa shape index (κ2) is 5.35. The van der Waals surface area contributed by atoms with E-state index < -0.39 is 11.7 Å². The fourth-order valence-electron chi connectivity index (χ4n) is 2.32. The molecule has 1 aliphatic rings. The zero-order valence-corrected chi connectivity index (χ0v) is 10.2. The number of carbonyl (C=O) groups excluding carboxylic acids is 1. The van der Waals surface area contributed by atoms with Gasteiger partial charge in [0.15, 0.2) is 0 Å². The van der Waals surface area contributed by atoms with Crippen LogP contribution in [0.4, 0.5) is 4.39 Å². The maximum atomic E-state index is 13.8. The number of hydrogen-bond donors (Lipinski definition) is 1. The Bertz CT molecular complexity index is 450. The Labute approximate surface area is 105 Å². The molecule has 1 aromatic carbocycles. The van der Waals surface area contributed by atoms with Crippen LogP contribution in [0.2, 0.25) is 0 Å². The molecule has 0 radical (unpaired) electrons. The summed E-state index contributed by atoms with van der Waals surface area (Å²) < 4.78 is 18.8. The Morgan fingerprint density at radius 2 is 2.39 bits per heavy atom. The highest BCUT2D eigenvalue weighted by Crippen LogP contribution is 2.26. The van der Waals surface area contributed by atoms with Gasteiger partial charge in [-0.2, -0.15) is 0 Å². The molecule has 1 saturated heterocycles. The van der Waals surface area contributed by atoms with Crippen LogP contribution in [-0.4, -0.2) is 42.2 Å². The molecule has 1 atom stereocenters. The molecule has 0 unspecified atom stereocenters. The number of halogens is 1. The van der Waals surface area contributed by atoms with Gasteiger partial charge in [0.25, 0.3) is 5.91 Å². The molecule has 1 N–H and O–H groups in total. The topological polar surface area (TPSA) is 49.8 Å². The molecule has 1 aromatic rings. The lowest BCUT2D eigenvalue weighted by atomic mass is 10.1. The van der Waals surface area contributed by atoms with Crippen molar-refractivity contribution in [1.29, 1.82) is 0 Å². The molecule has 1 aliphatic heterocycles. The molecule has 2 rings (SSSR count). The third kappa shape index (κ3) is 2.18. The summed E-state index contributed by atoms with van der Waals surface area (Å²) in [6, 6.07) is 4.07. The molecule has 5 heteroatoms. The van der Waals surface area contributed by atoms with Crippen molar-refractivity contribution in [2.24, 2.45) is 0 Å². The number of likely N-dealkylation sites (tertiary alicyclic amines) is 1. The third-order valence-corrected chi connectivity index (χ3v) is 3.26. The molecule has 1 heterocycles. The number of aliphatic hydroxyl groups is 1. The SMILES string of the molecule is COc1cccc(F)c1C(=O)N1CCC[C@@H]1CO. The summed E-state index contributed by atoms with van der Waals surface area (Å²) in [6.07, 6.45) is 1.58. The third-order valence-electron chi connectivity index (χ3n) is 3.26. The van der Waals surface area contributed by atoms with E-state index >= 15 is 0 Å². The smallest absolute Gasteiger partial charge is 0.260 e. The number of rotatable bonds is 3. The number of methoxy groups -OCH3 is 1. The van der Waals surface area contributed by atoms with Crippen LogP contribution < -0.4 is 4.74 Å². The van der Waals surface area contributed by atoms with Crippen molar-refractivity contribution in [2.75, 3.05) is 20.3 Å². The van der Waals surface area contributed by atoms with Crippen LogP contribution in [0.3, 0.4) is 0 Å². The quantitative estimate of drug-likeness (QED) is 0.886. The van der Waals surface area contributed by atoms with Crippen LogP contribution in [0, 0.1) is 5.82 Å². The minimum atomic E-state index is -0.595. The summed E-state index contributed by atoms with van der Waals surface area (Å²) in [7, 11) is 1.40. The van der Waals surface area contributed by atoms with Gasteiger partial charge in [0, 0.05) is 6.54 Å². The van der Waals surface area contributed by atoms with Crippen molar-refractivity contribution >= 4 is 5.91 Å². The lowest BCUT2D eigenvalue weighted by Gasteiger charge is -2.24.